The highest BCUT2D eigenvalue weighted by molar-refractivity contribution is 7.22. The number of pyridine rings is 1. The molecule has 0 saturated carbocycles. The molecule has 2 aromatic heterocycles. The predicted octanol–water partition coefficient (Wildman–Crippen LogP) is 5.03. The third kappa shape index (κ3) is 3.42. The molecule has 5 nitrogen and oxygen atoms in total. The molecule has 3 heterocycles. The van der Waals surface area contributed by atoms with Crippen LogP contribution in [0.5, 0.6) is 5.75 Å². The fourth-order valence-electron chi connectivity index (χ4n) is 3.98. The summed E-state index contributed by atoms with van der Waals surface area (Å²) in [6.45, 7) is 1.31. The smallest absolute Gasteiger partial charge is 0.262 e. The first-order chi connectivity index (χ1) is 14.7. The third-order valence-corrected chi connectivity index (χ3v) is 6.75. The Hall–Kier alpha value is -2.96. The van der Waals surface area contributed by atoms with E-state index in [1.807, 2.05) is 54.7 Å². The lowest BCUT2D eigenvalue weighted by Crippen LogP contribution is -2.31. The number of hydrogen-bond acceptors (Lipinski definition) is 5. The summed E-state index contributed by atoms with van der Waals surface area (Å²) >= 11 is 1.51. The highest BCUT2D eigenvalue weighted by Gasteiger charge is 2.23. The predicted molar refractivity (Wildman–Crippen MR) is 120 cm³/mol. The molecule has 152 valence electrons. The van der Waals surface area contributed by atoms with Gasteiger partial charge in [-0.05, 0) is 36.6 Å². The van der Waals surface area contributed by atoms with Crippen LogP contribution < -0.4 is 10.1 Å². The quantitative estimate of drug-likeness (QED) is 0.494. The Balaban J connectivity index is 1.65. The number of aromatic nitrogens is 1. The van der Waals surface area contributed by atoms with Gasteiger partial charge in [0.05, 0.1) is 18.7 Å². The second kappa shape index (κ2) is 8.05. The average Bonchev–Trinajstić information content (AvgIpc) is 3.45. The van der Waals surface area contributed by atoms with E-state index in [2.05, 4.69) is 10.3 Å². The summed E-state index contributed by atoms with van der Waals surface area (Å²) in [4.78, 5) is 18.6. The molecule has 4 aromatic rings. The number of thiophene rings is 1. The maximum Gasteiger partial charge on any atom is 0.262 e. The first-order valence-electron chi connectivity index (χ1n) is 10.1. The minimum Gasteiger partial charge on any atom is -0.497 e. The molecule has 2 aromatic carbocycles. The van der Waals surface area contributed by atoms with Crippen molar-refractivity contribution in [3.63, 3.8) is 0 Å². The highest BCUT2D eigenvalue weighted by atomic mass is 32.1. The van der Waals surface area contributed by atoms with Crippen LogP contribution in [0.1, 0.15) is 22.5 Å². The maximum absolute atomic E-state index is 13.2. The molecule has 30 heavy (non-hydrogen) atoms. The number of methoxy groups -OCH3 is 1. The lowest BCUT2D eigenvalue weighted by molar-refractivity contribution is 0.0861. The molecule has 1 aliphatic rings. The van der Waals surface area contributed by atoms with Crippen LogP contribution in [0.3, 0.4) is 0 Å². The largest absolute Gasteiger partial charge is 0.497 e. The number of fused-ring (bicyclic) bond motifs is 3. The van der Waals surface area contributed by atoms with Gasteiger partial charge in [0.25, 0.3) is 5.91 Å². The van der Waals surface area contributed by atoms with Crippen LogP contribution in [-0.4, -0.2) is 37.3 Å². The fraction of sp³-hybridized carbons (Fsp3) is 0.250. The topological polar surface area (TPSA) is 60.5 Å². The molecule has 1 amide bonds. The molecular weight excluding hydrogens is 396 g/mol. The van der Waals surface area contributed by atoms with E-state index < -0.39 is 0 Å². The van der Waals surface area contributed by atoms with Crippen molar-refractivity contribution in [1.29, 1.82) is 0 Å². The number of carbonyl (C=O) groups excluding carboxylic acids is 1. The second-order valence-corrected chi connectivity index (χ2v) is 8.42. The summed E-state index contributed by atoms with van der Waals surface area (Å²) in [6.07, 6.45) is 4.03. The van der Waals surface area contributed by atoms with E-state index in [0.29, 0.717) is 11.4 Å². The number of benzene rings is 2. The van der Waals surface area contributed by atoms with Gasteiger partial charge >= 0.3 is 0 Å². The molecule has 5 rings (SSSR count). The first kappa shape index (κ1) is 19.0. The van der Waals surface area contributed by atoms with E-state index in [4.69, 9.17) is 9.47 Å². The van der Waals surface area contributed by atoms with Crippen LogP contribution in [0.25, 0.3) is 32.1 Å². The number of hydrogen-bond donors (Lipinski definition) is 1. The Morgan fingerprint density at radius 3 is 2.87 bits per heavy atom. The van der Waals surface area contributed by atoms with Crippen molar-refractivity contribution in [2.24, 2.45) is 0 Å². The fourth-order valence-corrected chi connectivity index (χ4v) is 5.22. The van der Waals surface area contributed by atoms with Gasteiger partial charge in [-0.3, -0.25) is 9.78 Å². The van der Waals surface area contributed by atoms with Crippen LogP contribution >= 0.6 is 11.3 Å². The Morgan fingerprint density at radius 2 is 2.10 bits per heavy atom. The third-order valence-electron chi connectivity index (χ3n) is 5.51. The van der Waals surface area contributed by atoms with Crippen molar-refractivity contribution in [3.05, 3.63) is 59.6 Å². The van der Waals surface area contributed by atoms with Gasteiger partial charge in [-0.15, -0.1) is 11.3 Å². The number of carbonyl (C=O) groups is 1. The summed E-state index contributed by atoms with van der Waals surface area (Å²) in [6, 6.07) is 15.9. The van der Waals surface area contributed by atoms with Crippen molar-refractivity contribution in [2.45, 2.75) is 18.9 Å². The van der Waals surface area contributed by atoms with E-state index in [0.717, 1.165) is 57.3 Å². The van der Waals surface area contributed by atoms with Crippen LogP contribution in [0.15, 0.2) is 54.7 Å². The summed E-state index contributed by atoms with van der Waals surface area (Å²) in [5.41, 5.74) is 2.82. The molecule has 6 heteroatoms. The zero-order chi connectivity index (χ0) is 20.5. The molecule has 1 atom stereocenters. The number of nitrogens with zero attached hydrogens (tertiary/aromatic N) is 1. The lowest BCUT2D eigenvalue weighted by Gasteiger charge is -2.11. The number of ether oxygens (including phenoxy) is 2. The van der Waals surface area contributed by atoms with Gasteiger partial charge < -0.3 is 14.8 Å². The molecule has 1 unspecified atom stereocenters. The van der Waals surface area contributed by atoms with E-state index in [9.17, 15) is 4.79 Å². The number of amides is 1. The second-order valence-electron chi connectivity index (χ2n) is 7.40. The zero-order valence-electron chi connectivity index (χ0n) is 16.7. The standard InChI is InChI=1S/C24H22N2O3S/c1-28-16-9-10-20-18(12-16)22-19(14-25-20)21(15-6-3-2-4-7-15)23(30-22)24(27)26-13-17-8-5-11-29-17/h2-4,6-7,9-10,12,14,17H,5,8,11,13H2,1H3,(H,26,27). The van der Waals surface area contributed by atoms with Crippen LogP contribution in [-0.2, 0) is 4.74 Å². The van der Waals surface area contributed by atoms with Crippen molar-refractivity contribution < 1.29 is 14.3 Å². The molecule has 1 N–H and O–H groups in total. The number of rotatable bonds is 5. The summed E-state index contributed by atoms with van der Waals surface area (Å²) in [5.74, 6) is 0.706. The summed E-state index contributed by atoms with van der Waals surface area (Å²) in [7, 11) is 1.66. The molecule has 0 bridgehead atoms. The van der Waals surface area contributed by atoms with E-state index in [-0.39, 0.29) is 12.0 Å². The molecular formula is C24H22N2O3S. The van der Waals surface area contributed by atoms with Crippen LogP contribution in [0, 0.1) is 0 Å². The monoisotopic (exact) mass is 418 g/mol. The van der Waals surface area contributed by atoms with Gasteiger partial charge in [0, 0.05) is 40.4 Å². The summed E-state index contributed by atoms with van der Waals surface area (Å²) in [5, 5.41) is 5.06. The molecule has 0 spiro atoms. The Labute approximate surface area is 178 Å². The van der Waals surface area contributed by atoms with Crippen LogP contribution in [0.2, 0.25) is 0 Å². The Morgan fingerprint density at radius 1 is 1.23 bits per heavy atom. The molecule has 1 aliphatic heterocycles. The van der Waals surface area contributed by atoms with Gasteiger partial charge in [-0.1, -0.05) is 30.3 Å². The first-order valence-corrected chi connectivity index (χ1v) is 10.9. The van der Waals surface area contributed by atoms with Crippen molar-refractivity contribution in [1.82, 2.24) is 10.3 Å². The lowest BCUT2D eigenvalue weighted by atomic mass is 10.0. The minimum absolute atomic E-state index is 0.0680. The normalized spacial score (nSPS) is 16.2. The van der Waals surface area contributed by atoms with E-state index >= 15 is 0 Å². The van der Waals surface area contributed by atoms with Gasteiger partial charge in [-0.25, -0.2) is 0 Å². The summed E-state index contributed by atoms with van der Waals surface area (Å²) < 4.78 is 12.1. The molecule has 1 fully saturated rings. The molecule has 0 aliphatic carbocycles. The van der Waals surface area contributed by atoms with Gasteiger partial charge in [0.1, 0.15) is 10.6 Å². The maximum atomic E-state index is 13.2. The van der Waals surface area contributed by atoms with E-state index in [1.54, 1.807) is 7.11 Å². The molecule has 0 radical (unpaired) electrons. The van der Waals surface area contributed by atoms with Gasteiger partial charge in [0.2, 0.25) is 0 Å². The average molecular weight is 419 g/mol. The van der Waals surface area contributed by atoms with Crippen molar-refractivity contribution >= 4 is 38.2 Å². The van der Waals surface area contributed by atoms with Crippen molar-refractivity contribution in [3.8, 4) is 16.9 Å². The number of nitrogens with one attached hydrogen (secondary N) is 1. The zero-order valence-corrected chi connectivity index (χ0v) is 17.5. The van der Waals surface area contributed by atoms with Gasteiger partial charge in [0.15, 0.2) is 0 Å². The Bertz CT molecular complexity index is 1210. The molecule has 1 saturated heterocycles. The minimum atomic E-state index is -0.0680. The Kier molecular flexibility index (Phi) is 5.11. The van der Waals surface area contributed by atoms with Crippen molar-refractivity contribution in [2.75, 3.05) is 20.3 Å². The van der Waals surface area contributed by atoms with Crippen LogP contribution in [0.4, 0.5) is 0 Å². The SMILES string of the molecule is COc1ccc2ncc3c(-c4ccccc4)c(C(=O)NCC4CCCO4)sc3c2c1. The highest BCUT2D eigenvalue weighted by Crippen LogP contribution is 2.42. The van der Waals surface area contributed by atoms with Gasteiger partial charge in [-0.2, -0.15) is 0 Å². The van der Waals surface area contributed by atoms with E-state index in [1.165, 1.54) is 11.3 Å².